The van der Waals surface area contributed by atoms with Crippen LogP contribution in [0.15, 0.2) is 47.5 Å². The van der Waals surface area contributed by atoms with Gasteiger partial charge in [-0.05, 0) is 45.6 Å². The first-order valence-corrected chi connectivity index (χ1v) is 8.53. The van der Waals surface area contributed by atoms with Crippen molar-refractivity contribution in [2.75, 3.05) is 13.1 Å². The summed E-state index contributed by atoms with van der Waals surface area (Å²) < 4.78 is 1.06. The molecule has 114 valence electrons. The summed E-state index contributed by atoms with van der Waals surface area (Å²) in [6, 6.07) is 7.75. The van der Waals surface area contributed by atoms with Crippen LogP contribution in [-0.4, -0.2) is 44.9 Å². The molecular formula is C17H19BrN4. The van der Waals surface area contributed by atoms with Gasteiger partial charge in [-0.2, -0.15) is 0 Å². The Morgan fingerprint density at radius 1 is 1.05 bits per heavy atom. The minimum Gasteiger partial charge on any atom is -0.296 e. The number of piperidine rings is 1. The molecule has 0 radical (unpaired) electrons. The van der Waals surface area contributed by atoms with E-state index in [1.807, 2.05) is 30.9 Å². The number of aromatic nitrogens is 2. The number of halogens is 1. The van der Waals surface area contributed by atoms with Gasteiger partial charge in [0.15, 0.2) is 0 Å². The minimum absolute atomic E-state index is 0.694. The number of hydrogen-bond acceptors (Lipinski definition) is 4. The van der Waals surface area contributed by atoms with Crippen molar-refractivity contribution in [3.63, 3.8) is 0 Å². The fourth-order valence-electron chi connectivity index (χ4n) is 3.66. The molecule has 4 nitrogen and oxygen atoms in total. The van der Waals surface area contributed by atoms with Gasteiger partial charge in [-0.25, -0.2) is 0 Å². The van der Waals surface area contributed by atoms with Gasteiger partial charge in [0, 0.05) is 67.5 Å². The molecule has 3 fully saturated rings. The van der Waals surface area contributed by atoms with E-state index in [4.69, 9.17) is 0 Å². The fourth-order valence-corrected chi connectivity index (χ4v) is 4.08. The number of fused-ring (bicyclic) bond motifs is 2. The van der Waals surface area contributed by atoms with E-state index in [-0.39, 0.29) is 0 Å². The van der Waals surface area contributed by atoms with Gasteiger partial charge in [-0.1, -0.05) is 6.07 Å². The smallest absolute Gasteiger partial charge is 0.0410 e. The van der Waals surface area contributed by atoms with Gasteiger partial charge < -0.3 is 0 Å². The first kappa shape index (κ1) is 14.3. The van der Waals surface area contributed by atoms with Crippen LogP contribution < -0.4 is 0 Å². The van der Waals surface area contributed by atoms with Crippen LogP contribution in [0.3, 0.4) is 0 Å². The van der Waals surface area contributed by atoms with Crippen LogP contribution in [0.25, 0.3) is 0 Å². The fraction of sp³-hybridized carbons (Fsp3) is 0.412. The lowest BCUT2D eigenvalue weighted by atomic mass is 9.86. The summed E-state index contributed by atoms with van der Waals surface area (Å²) in [6.45, 7) is 4.35. The molecule has 0 amide bonds. The molecule has 2 unspecified atom stereocenters. The number of hydrogen-bond donors (Lipinski definition) is 0. The molecular weight excluding hydrogens is 340 g/mol. The highest BCUT2D eigenvalue weighted by Gasteiger charge is 2.44. The lowest BCUT2D eigenvalue weighted by Crippen LogP contribution is -2.67. The summed E-state index contributed by atoms with van der Waals surface area (Å²) in [5.74, 6) is 0. The molecule has 0 aromatic carbocycles. The van der Waals surface area contributed by atoms with Gasteiger partial charge in [0.05, 0.1) is 0 Å². The number of piperazine rings is 1. The zero-order valence-electron chi connectivity index (χ0n) is 12.4. The number of rotatable bonds is 4. The molecule has 2 aromatic rings. The predicted molar refractivity (Wildman–Crippen MR) is 89.2 cm³/mol. The lowest BCUT2D eigenvalue weighted by Gasteiger charge is -2.56. The van der Waals surface area contributed by atoms with Crippen LogP contribution in [0.4, 0.5) is 0 Å². The minimum atomic E-state index is 0.694. The maximum absolute atomic E-state index is 4.26. The van der Waals surface area contributed by atoms with E-state index in [2.05, 4.69) is 47.8 Å². The molecule has 2 atom stereocenters. The normalized spacial score (nSPS) is 25.0. The number of nitrogens with zero attached hydrogens (tertiary/aromatic N) is 4. The van der Waals surface area contributed by atoms with E-state index in [1.54, 1.807) is 0 Å². The maximum atomic E-state index is 4.26. The molecule has 0 saturated carbocycles. The summed E-state index contributed by atoms with van der Waals surface area (Å²) >= 11 is 3.50. The van der Waals surface area contributed by atoms with Crippen molar-refractivity contribution in [2.45, 2.75) is 31.6 Å². The van der Waals surface area contributed by atoms with Gasteiger partial charge >= 0.3 is 0 Å². The quantitative estimate of drug-likeness (QED) is 0.840. The second kappa shape index (κ2) is 6.07. The third-order valence-electron chi connectivity index (χ3n) is 4.68. The Bertz CT molecular complexity index is 636. The van der Waals surface area contributed by atoms with Crippen molar-refractivity contribution in [2.24, 2.45) is 0 Å². The molecule has 5 rings (SSSR count). The van der Waals surface area contributed by atoms with Crippen molar-refractivity contribution < 1.29 is 0 Å². The molecule has 0 spiro atoms. The molecule has 3 aliphatic rings. The topological polar surface area (TPSA) is 32.3 Å². The summed E-state index contributed by atoms with van der Waals surface area (Å²) in [4.78, 5) is 13.7. The highest BCUT2D eigenvalue weighted by Crippen LogP contribution is 2.34. The Kier molecular flexibility index (Phi) is 3.94. The van der Waals surface area contributed by atoms with Crippen molar-refractivity contribution in [1.29, 1.82) is 0 Å². The Morgan fingerprint density at radius 3 is 2.59 bits per heavy atom. The van der Waals surface area contributed by atoms with E-state index in [1.165, 1.54) is 17.5 Å². The lowest BCUT2D eigenvalue weighted by molar-refractivity contribution is -0.0775. The van der Waals surface area contributed by atoms with Crippen molar-refractivity contribution in [3.05, 3.63) is 58.6 Å². The zero-order valence-corrected chi connectivity index (χ0v) is 14.0. The zero-order chi connectivity index (χ0) is 14.9. The molecule has 2 aromatic heterocycles. The van der Waals surface area contributed by atoms with Crippen molar-refractivity contribution >= 4 is 15.9 Å². The monoisotopic (exact) mass is 358 g/mol. The van der Waals surface area contributed by atoms with Gasteiger partial charge in [0.25, 0.3) is 0 Å². The average Bonchev–Trinajstić information content (AvgIpc) is 2.54. The first-order valence-electron chi connectivity index (χ1n) is 7.74. The average molecular weight is 359 g/mol. The summed E-state index contributed by atoms with van der Waals surface area (Å²) in [6.07, 6.45) is 8.98. The van der Waals surface area contributed by atoms with Crippen LogP contribution >= 0.6 is 15.9 Å². The van der Waals surface area contributed by atoms with E-state index in [0.29, 0.717) is 12.1 Å². The predicted octanol–water partition coefficient (Wildman–Crippen LogP) is 2.70. The standard InChI is InChI=1S/C17H19BrN4/c18-15-4-14(7-20-8-15)9-21-11-16-5-17(12-21)22(16)10-13-2-1-3-19-6-13/h1-4,6-8,16-17H,5,9-12H2. The van der Waals surface area contributed by atoms with Crippen molar-refractivity contribution in [1.82, 2.24) is 19.8 Å². The third-order valence-corrected chi connectivity index (χ3v) is 5.11. The highest BCUT2D eigenvalue weighted by atomic mass is 79.9. The Hall–Kier alpha value is -1.30. The molecule has 3 aliphatic heterocycles. The van der Waals surface area contributed by atoms with Gasteiger partial charge in [-0.15, -0.1) is 0 Å². The molecule has 5 heterocycles. The van der Waals surface area contributed by atoms with Gasteiger partial charge in [-0.3, -0.25) is 19.8 Å². The van der Waals surface area contributed by atoms with Crippen LogP contribution in [0.1, 0.15) is 17.5 Å². The summed E-state index contributed by atoms with van der Waals surface area (Å²) in [5.41, 5.74) is 2.61. The Balaban J connectivity index is 1.36. The molecule has 2 bridgehead atoms. The van der Waals surface area contributed by atoms with Crippen LogP contribution in [0.5, 0.6) is 0 Å². The van der Waals surface area contributed by atoms with E-state index in [0.717, 1.165) is 30.7 Å². The van der Waals surface area contributed by atoms with E-state index < -0.39 is 0 Å². The van der Waals surface area contributed by atoms with E-state index in [9.17, 15) is 0 Å². The van der Waals surface area contributed by atoms with Gasteiger partial charge in [0.2, 0.25) is 0 Å². The molecule has 22 heavy (non-hydrogen) atoms. The number of pyridine rings is 2. The van der Waals surface area contributed by atoms with Crippen LogP contribution in [0, 0.1) is 0 Å². The molecule has 0 aliphatic carbocycles. The molecule has 0 N–H and O–H groups in total. The van der Waals surface area contributed by atoms with E-state index >= 15 is 0 Å². The molecule has 5 heteroatoms. The molecule has 3 saturated heterocycles. The van der Waals surface area contributed by atoms with Crippen LogP contribution in [0.2, 0.25) is 0 Å². The largest absolute Gasteiger partial charge is 0.296 e. The maximum Gasteiger partial charge on any atom is 0.0410 e. The second-order valence-corrected chi connectivity index (χ2v) is 7.20. The Morgan fingerprint density at radius 2 is 1.86 bits per heavy atom. The summed E-state index contributed by atoms with van der Waals surface area (Å²) in [7, 11) is 0. The van der Waals surface area contributed by atoms with Crippen LogP contribution in [-0.2, 0) is 13.1 Å². The summed E-state index contributed by atoms with van der Waals surface area (Å²) in [5, 5.41) is 0. The Labute approximate surface area is 139 Å². The SMILES string of the molecule is Brc1cncc(CN2CC3CC(C2)N3Cc2cccnc2)c1. The second-order valence-electron chi connectivity index (χ2n) is 6.28. The van der Waals surface area contributed by atoms with Gasteiger partial charge in [0.1, 0.15) is 0 Å². The highest BCUT2D eigenvalue weighted by molar-refractivity contribution is 9.10. The first-order chi connectivity index (χ1) is 10.8. The third kappa shape index (κ3) is 2.93. The van der Waals surface area contributed by atoms with Crippen molar-refractivity contribution in [3.8, 4) is 0 Å².